The van der Waals surface area contributed by atoms with Crippen molar-refractivity contribution in [2.24, 2.45) is 4.99 Å². The molecule has 0 atom stereocenters. The highest BCUT2D eigenvalue weighted by Crippen LogP contribution is 2.22. The normalized spacial score (nSPS) is 15.1. The minimum atomic E-state index is 1.06. The molecule has 0 saturated carbocycles. The molecule has 0 amide bonds. The van der Waals surface area contributed by atoms with E-state index in [4.69, 9.17) is 0 Å². The van der Waals surface area contributed by atoms with Gasteiger partial charge in [0.25, 0.3) is 0 Å². The highest BCUT2D eigenvalue weighted by atomic mass is 14.8. The Hall–Kier alpha value is -1.57. The maximum Gasteiger partial charge on any atom is 0.0659 e. The van der Waals surface area contributed by atoms with Crippen molar-refractivity contribution in [2.75, 3.05) is 12.4 Å². The van der Waals surface area contributed by atoms with Crippen molar-refractivity contribution < 1.29 is 0 Å². The SMILES string of the molecule is CNc1cccc(C2=CCCC=N2)c1. The van der Waals surface area contributed by atoms with Crippen LogP contribution in [0.3, 0.4) is 0 Å². The van der Waals surface area contributed by atoms with Crippen LogP contribution in [-0.2, 0) is 0 Å². The summed E-state index contributed by atoms with van der Waals surface area (Å²) in [6, 6.07) is 8.31. The second kappa shape index (κ2) is 4.09. The molecule has 1 aliphatic rings. The van der Waals surface area contributed by atoms with Gasteiger partial charge in [0, 0.05) is 24.5 Å². The lowest BCUT2D eigenvalue weighted by atomic mass is 10.1. The predicted octanol–water partition coefficient (Wildman–Crippen LogP) is 2.93. The van der Waals surface area contributed by atoms with Crippen LogP contribution >= 0.6 is 0 Å². The number of rotatable bonds is 2. The van der Waals surface area contributed by atoms with Crippen molar-refractivity contribution in [3.05, 3.63) is 35.9 Å². The summed E-state index contributed by atoms with van der Waals surface area (Å²) in [5, 5.41) is 3.13. The first-order chi connectivity index (χ1) is 6.90. The number of hydrogen-bond donors (Lipinski definition) is 1. The standard InChI is InChI=1S/C12H14N2/c1-13-11-6-4-5-10(9-11)12-7-2-3-8-14-12/h4-9,13H,2-3H2,1H3. The maximum absolute atomic E-state index is 4.38. The van der Waals surface area contributed by atoms with E-state index in [1.807, 2.05) is 19.3 Å². The van der Waals surface area contributed by atoms with E-state index in [2.05, 4.69) is 34.6 Å². The molecule has 14 heavy (non-hydrogen) atoms. The van der Waals surface area contributed by atoms with Crippen molar-refractivity contribution >= 4 is 17.6 Å². The summed E-state index contributed by atoms with van der Waals surface area (Å²) >= 11 is 0. The zero-order valence-corrected chi connectivity index (χ0v) is 8.33. The highest BCUT2D eigenvalue weighted by molar-refractivity contribution is 5.77. The van der Waals surface area contributed by atoms with Gasteiger partial charge in [0.05, 0.1) is 5.70 Å². The molecular formula is C12H14N2. The zero-order valence-electron chi connectivity index (χ0n) is 8.33. The van der Waals surface area contributed by atoms with E-state index in [1.165, 1.54) is 5.56 Å². The van der Waals surface area contributed by atoms with E-state index in [1.54, 1.807) is 0 Å². The second-order valence-electron chi connectivity index (χ2n) is 3.31. The number of nitrogens with one attached hydrogen (secondary N) is 1. The summed E-state index contributed by atoms with van der Waals surface area (Å²) in [5.74, 6) is 0. The Morgan fingerprint density at radius 3 is 2.93 bits per heavy atom. The Morgan fingerprint density at radius 1 is 1.29 bits per heavy atom. The summed E-state index contributed by atoms with van der Waals surface area (Å²) in [4.78, 5) is 4.38. The van der Waals surface area contributed by atoms with Gasteiger partial charge in [0.1, 0.15) is 0 Å². The van der Waals surface area contributed by atoms with Gasteiger partial charge in [-0.25, -0.2) is 0 Å². The fourth-order valence-corrected chi connectivity index (χ4v) is 1.54. The number of allylic oxidation sites excluding steroid dienone is 1. The third-order valence-electron chi connectivity index (χ3n) is 2.31. The van der Waals surface area contributed by atoms with Crippen LogP contribution in [0.25, 0.3) is 5.70 Å². The van der Waals surface area contributed by atoms with Crippen molar-refractivity contribution in [3.63, 3.8) is 0 Å². The fourth-order valence-electron chi connectivity index (χ4n) is 1.54. The molecule has 0 unspecified atom stereocenters. The molecule has 0 aliphatic carbocycles. The predicted molar refractivity (Wildman–Crippen MR) is 61.7 cm³/mol. The molecule has 1 aromatic carbocycles. The number of aliphatic imine (C=N–C) groups is 1. The molecule has 0 aromatic heterocycles. The Morgan fingerprint density at radius 2 is 2.21 bits per heavy atom. The van der Waals surface area contributed by atoms with Gasteiger partial charge in [-0.3, -0.25) is 4.99 Å². The summed E-state index contributed by atoms with van der Waals surface area (Å²) in [7, 11) is 1.93. The van der Waals surface area contributed by atoms with Crippen molar-refractivity contribution in [2.45, 2.75) is 12.8 Å². The van der Waals surface area contributed by atoms with Crippen LogP contribution in [0.15, 0.2) is 35.3 Å². The largest absolute Gasteiger partial charge is 0.388 e. The first-order valence-corrected chi connectivity index (χ1v) is 4.91. The van der Waals surface area contributed by atoms with Crippen LogP contribution in [0.4, 0.5) is 5.69 Å². The Labute approximate surface area is 84.4 Å². The Bertz CT molecular complexity index is 378. The molecule has 0 bridgehead atoms. The molecule has 1 heterocycles. The van der Waals surface area contributed by atoms with Gasteiger partial charge in [-0.15, -0.1) is 0 Å². The van der Waals surface area contributed by atoms with E-state index < -0.39 is 0 Å². The Kier molecular flexibility index (Phi) is 2.63. The maximum atomic E-state index is 4.38. The lowest BCUT2D eigenvalue weighted by molar-refractivity contribution is 1.09. The van der Waals surface area contributed by atoms with Crippen LogP contribution in [0.2, 0.25) is 0 Å². The lowest BCUT2D eigenvalue weighted by Gasteiger charge is -2.08. The third-order valence-corrected chi connectivity index (χ3v) is 2.31. The number of hydrogen-bond acceptors (Lipinski definition) is 2. The molecule has 72 valence electrons. The monoisotopic (exact) mass is 186 g/mol. The van der Waals surface area contributed by atoms with Crippen LogP contribution in [0, 0.1) is 0 Å². The van der Waals surface area contributed by atoms with Crippen LogP contribution in [0.1, 0.15) is 18.4 Å². The number of benzene rings is 1. The molecule has 2 heteroatoms. The summed E-state index contributed by atoms with van der Waals surface area (Å²) < 4.78 is 0. The van der Waals surface area contributed by atoms with Gasteiger partial charge < -0.3 is 5.32 Å². The van der Waals surface area contributed by atoms with E-state index in [-0.39, 0.29) is 0 Å². The molecule has 2 nitrogen and oxygen atoms in total. The quantitative estimate of drug-likeness (QED) is 0.754. The van der Waals surface area contributed by atoms with Crippen molar-refractivity contribution in [3.8, 4) is 0 Å². The summed E-state index contributed by atoms with van der Waals surface area (Å²) in [6.45, 7) is 0. The van der Waals surface area contributed by atoms with E-state index in [0.29, 0.717) is 0 Å². The first-order valence-electron chi connectivity index (χ1n) is 4.91. The van der Waals surface area contributed by atoms with Gasteiger partial charge >= 0.3 is 0 Å². The lowest BCUT2D eigenvalue weighted by Crippen LogP contribution is -1.92. The third kappa shape index (κ3) is 1.84. The zero-order chi connectivity index (χ0) is 9.80. The van der Waals surface area contributed by atoms with Crippen molar-refractivity contribution in [1.29, 1.82) is 0 Å². The van der Waals surface area contributed by atoms with Gasteiger partial charge in [0.2, 0.25) is 0 Å². The van der Waals surface area contributed by atoms with Crippen LogP contribution in [0.5, 0.6) is 0 Å². The first kappa shape index (κ1) is 9.00. The van der Waals surface area contributed by atoms with Gasteiger partial charge in [-0.05, 0) is 25.0 Å². The van der Waals surface area contributed by atoms with Crippen LogP contribution < -0.4 is 5.32 Å². The second-order valence-corrected chi connectivity index (χ2v) is 3.31. The summed E-state index contributed by atoms with van der Waals surface area (Å²) in [5.41, 5.74) is 3.41. The number of nitrogens with zero attached hydrogens (tertiary/aromatic N) is 1. The Balaban J connectivity index is 2.31. The molecule has 1 N–H and O–H groups in total. The molecular weight excluding hydrogens is 172 g/mol. The smallest absolute Gasteiger partial charge is 0.0659 e. The van der Waals surface area contributed by atoms with Crippen LogP contribution in [-0.4, -0.2) is 13.3 Å². The van der Waals surface area contributed by atoms with Gasteiger partial charge in [-0.1, -0.05) is 18.2 Å². The number of anilines is 1. The molecule has 0 radical (unpaired) electrons. The molecule has 1 aromatic rings. The topological polar surface area (TPSA) is 24.4 Å². The molecule has 0 spiro atoms. The minimum absolute atomic E-state index is 1.06. The van der Waals surface area contributed by atoms with E-state index in [9.17, 15) is 0 Å². The fraction of sp³-hybridized carbons (Fsp3) is 0.250. The van der Waals surface area contributed by atoms with Gasteiger partial charge in [0.15, 0.2) is 0 Å². The molecule has 2 rings (SSSR count). The minimum Gasteiger partial charge on any atom is -0.388 e. The average molecular weight is 186 g/mol. The molecule has 0 saturated heterocycles. The van der Waals surface area contributed by atoms with E-state index in [0.717, 1.165) is 24.2 Å². The molecule has 1 aliphatic heterocycles. The summed E-state index contributed by atoms with van der Waals surface area (Å²) in [6.07, 6.45) is 6.34. The highest BCUT2D eigenvalue weighted by Gasteiger charge is 2.02. The van der Waals surface area contributed by atoms with Crippen molar-refractivity contribution in [1.82, 2.24) is 0 Å². The average Bonchev–Trinajstić information content (AvgIpc) is 2.30. The van der Waals surface area contributed by atoms with E-state index >= 15 is 0 Å². The van der Waals surface area contributed by atoms with Gasteiger partial charge in [-0.2, -0.15) is 0 Å². The molecule has 0 fully saturated rings.